The van der Waals surface area contributed by atoms with E-state index in [1.54, 1.807) is 19.1 Å². The minimum absolute atomic E-state index is 0.0316. The Hall–Kier alpha value is -3.02. The Morgan fingerprint density at radius 3 is 2.22 bits per heavy atom. The summed E-state index contributed by atoms with van der Waals surface area (Å²) in [4.78, 5) is 27.5. The molecule has 0 unspecified atom stereocenters. The van der Waals surface area contributed by atoms with Crippen molar-refractivity contribution in [3.63, 3.8) is 0 Å². The molecule has 0 aliphatic rings. The first kappa shape index (κ1) is 20.3. The highest BCUT2D eigenvalue weighted by atomic mass is 16.5. The molecule has 0 radical (unpaired) electrons. The molecule has 27 heavy (non-hydrogen) atoms. The van der Waals surface area contributed by atoms with Gasteiger partial charge in [0.25, 0.3) is 0 Å². The van der Waals surface area contributed by atoms with Gasteiger partial charge in [-0.2, -0.15) is 0 Å². The van der Waals surface area contributed by atoms with E-state index in [1.807, 2.05) is 60.4 Å². The molecule has 0 heterocycles. The number of methoxy groups -OCH3 is 1. The molecule has 0 bridgehead atoms. The minimum Gasteiger partial charge on any atom is -0.497 e. The minimum atomic E-state index is -0.394. The number of hydrogen-bond donors (Lipinski definition) is 1. The van der Waals surface area contributed by atoms with Gasteiger partial charge in [-0.15, -0.1) is 0 Å². The maximum absolute atomic E-state index is 12.7. The van der Waals surface area contributed by atoms with E-state index >= 15 is 0 Å². The summed E-state index contributed by atoms with van der Waals surface area (Å²) >= 11 is 0. The van der Waals surface area contributed by atoms with Crippen LogP contribution in [0.5, 0.6) is 5.75 Å². The first-order valence-electron chi connectivity index (χ1n) is 8.86. The van der Waals surface area contributed by atoms with Gasteiger partial charge in [-0.1, -0.05) is 29.8 Å². The standard InChI is InChI=1S/C21H27N3O3/c1-16-4-6-17(7-5-16)14-23(2)21(26)15-24(13-12-20(22)25)18-8-10-19(27-3)11-9-18/h4-11H,12-15H2,1-3H3,(H2,22,25). The number of amides is 2. The van der Waals surface area contributed by atoms with Gasteiger partial charge in [0.1, 0.15) is 5.75 Å². The van der Waals surface area contributed by atoms with Crippen molar-refractivity contribution >= 4 is 17.5 Å². The van der Waals surface area contributed by atoms with Gasteiger partial charge in [-0.25, -0.2) is 0 Å². The number of rotatable bonds is 9. The lowest BCUT2D eigenvalue weighted by atomic mass is 10.1. The van der Waals surface area contributed by atoms with Crippen LogP contribution >= 0.6 is 0 Å². The number of anilines is 1. The summed E-state index contributed by atoms with van der Waals surface area (Å²) in [5.41, 5.74) is 8.39. The lowest BCUT2D eigenvalue weighted by Gasteiger charge is -2.27. The third kappa shape index (κ3) is 6.33. The van der Waals surface area contributed by atoms with Crippen molar-refractivity contribution in [2.24, 2.45) is 5.73 Å². The maximum Gasteiger partial charge on any atom is 0.242 e. The second-order valence-corrected chi connectivity index (χ2v) is 6.57. The van der Waals surface area contributed by atoms with Gasteiger partial charge >= 0.3 is 0 Å². The number of aryl methyl sites for hydroxylation is 1. The molecule has 6 heteroatoms. The lowest BCUT2D eigenvalue weighted by molar-refractivity contribution is -0.129. The van der Waals surface area contributed by atoms with E-state index in [4.69, 9.17) is 10.5 Å². The highest BCUT2D eigenvalue weighted by Crippen LogP contribution is 2.20. The topological polar surface area (TPSA) is 75.9 Å². The summed E-state index contributed by atoms with van der Waals surface area (Å²) in [5.74, 6) is 0.307. The number of carbonyl (C=O) groups is 2. The van der Waals surface area contributed by atoms with Crippen LogP contribution in [0.1, 0.15) is 17.5 Å². The van der Waals surface area contributed by atoms with Crippen LogP contribution in [0.25, 0.3) is 0 Å². The highest BCUT2D eigenvalue weighted by Gasteiger charge is 2.16. The van der Waals surface area contributed by atoms with Crippen LogP contribution in [0.15, 0.2) is 48.5 Å². The van der Waals surface area contributed by atoms with E-state index in [0.717, 1.165) is 17.0 Å². The number of likely N-dealkylation sites (N-methyl/N-ethyl adjacent to an activating group) is 1. The Balaban J connectivity index is 2.06. The van der Waals surface area contributed by atoms with E-state index in [-0.39, 0.29) is 18.9 Å². The van der Waals surface area contributed by atoms with Crippen molar-refractivity contribution in [3.05, 3.63) is 59.7 Å². The first-order chi connectivity index (χ1) is 12.9. The summed E-state index contributed by atoms with van der Waals surface area (Å²) in [5, 5.41) is 0. The SMILES string of the molecule is COc1ccc(N(CCC(N)=O)CC(=O)N(C)Cc2ccc(C)cc2)cc1. The number of benzene rings is 2. The van der Waals surface area contributed by atoms with Gasteiger partial charge in [0.15, 0.2) is 0 Å². The molecule has 0 aliphatic heterocycles. The molecule has 0 spiro atoms. The molecular formula is C21H27N3O3. The largest absolute Gasteiger partial charge is 0.497 e. The number of ether oxygens (including phenoxy) is 1. The van der Waals surface area contributed by atoms with Crippen molar-refractivity contribution < 1.29 is 14.3 Å². The highest BCUT2D eigenvalue weighted by molar-refractivity contribution is 5.82. The zero-order valence-corrected chi connectivity index (χ0v) is 16.1. The Bertz CT molecular complexity index is 757. The summed E-state index contributed by atoms with van der Waals surface area (Å²) in [6.07, 6.45) is 0.182. The van der Waals surface area contributed by atoms with Crippen LogP contribution in [0, 0.1) is 6.92 Å². The van der Waals surface area contributed by atoms with Crippen LogP contribution in [0.3, 0.4) is 0 Å². The predicted octanol–water partition coefficient (Wildman–Crippen LogP) is 2.34. The fourth-order valence-corrected chi connectivity index (χ4v) is 2.68. The molecule has 2 N–H and O–H groups in total. The number of nitrogens with two attached hydrogens (primary N) is 1. The number of primary amides is 1. The van der Waals surface area contributed by atoms with E-state index in [9.17, 15) is 9.59 Å². The molecular weight excluding hydrogens is 342 g/mol. The Kier molecular flexibility index (Phi) is 7.23. The van der Waals surface area contributed by atoms with E-state index < -0.39 is 5.91 Å². The summed E-state index contributed by atoms with van der Waals surface area (Å²) in [6.45, 7) is 3.11. The van der Waals surface area contributed by atoms with E-state index in [2.05, 4.69) is 0 Å². The summed E-state index contributed by atoms with van der Waals surface area (Å²) in [6, 6.07) is 15.5. The number of carbonyl (C=O) groups excluding carboxylic acids is 2. The smallest absolute Gasteiger partial charge is 0.242 e. The molecule has 0 aromatic heterocycles. The maximum atomic E-state index is 12.7. The van der Waals surface area contributed by atoms with Gasteiger partial charge in [-0.3, -0.25) is 9.59 Å². The molecule has 2 rings (SSSR count). The molecule has 2 amide bonds. The van der Waals surface area contributed by atoms with E-state index in [0.29, 0.717) is 13.1 Å². The van der Waals surface area contributed by atoms with Crippen molar-refractivity contribution in [2.75, 3.05) is 32.1 Å². The van der Waals surface area contributed by atoms with Crippen LogP contribution in [0.2, 0.25) is 0 Å². The molecule has 2 aromatic carbocycles. The first-order valence-corrected chi connectivity index (χ1v) is 8.86. The zero-order valence-electron chi connectivity index (χ0n) is 16.1. The summed E-state index contributed by atoms with van der Waals surface area (Å²) in [7, 11) is 3.38. The second-order valence-electron chi connectivity index (χ2n) is 6.57. The van der Waals surface area contributed by atoms with E-state index in [1.165, 1.54) is 5.56 Å². The molecule has 2 aromatic rings. The zero-order chi connectivity index (χ0) is 19.8. The molecule has 0 fully saturated rings. The van der Waals surface area contributed by atoms with Crippen LogP contribution in [0.4, 0.5) is 5.69 Å². The predicted molar refractivity (Wildman–Crippen MR) is 107 cm³/mol. The summed E-state index contributed by atoms with van der Waals surface area (Å²) < 4.78 is 5.17. The number of nitrogens with zero attached hydrogens (tertiary/aromatic N) is 2. The van der Waals surface area contributed by atoms with Crippen molar-refractivity contribution in [3.8, 4) is 5.75 Å². The molecule has 0 saturated carbocycles. The monoisotopic (exact) mass is 369 g/mol. The number of hydrogen-bond acceptors (Lipinski definition) is 4. The van der Waals surface area contributed by atoms with Gasteiger partial charge in [0, 0.05) is 32.2 Å². The molecule has 144 valence electrons. The molecule has 6 nitrogen and oxygen atoms in total. The normalized spacial score (nSPS) is 10.3. The average Bonchev–Trinajstić information content (AvgIpc) is 2.66. The lowest BCUT2D eigenvalue weighted by Crippen LogP contribution is -2.39. The Morgan fingerprint density at radius 2 is 1.67 bits per heavy atom. The Labute approximate surface area is 160 Å². The van der Waals surface area contributed by atoms with Gasteiger partial charge in [0.2, 0.25) is 11.8 Å². The quantitative estimate of drug-likeness (QED) is 0.736. The van der Waals surface area contributed by atoms with Crippen LogP contribution in [-0.2, 0) is 16.1 Å². The van der Waals surface area contributed by atoms with Crippen molar-refractivity contribution in [2.45, 2.75) is 19.9 Å². The van der Waals surface area contributed by atoms with Crippen molar-refractivity contribution in [1.29, 1.82) is 0 Å². The average molecular weight is 369 g/mol. The second kappa shape index (κ2) is 9.62. The third-order valence-corrected chi connectivity index (χ3v) is 4.36. The Morgan fingerprint density at radius 1 is 1.04 bits per heavy atom. The van der Waals surface area contributed by atoms with Crippen molar-refractivity contribution in [1.82, 2.24) is 4.90 Å². The van der Waals surface area contributed by atoms with Crippen LogP contribution < -0.4 is 15.4 Å². The van der Waals surface area contributed by atoms with Gasteiger partial charge in [-0.05, 0) is 36.8 Å². The van der Waals surface area contributed by atoms with Gasteiger partial charge in [0.05, 0.1) is 13.7 Å². The molecule has 0 saturated heterocycles. The molecule has 0 atom stereocenters. The fraction of sp³-hybridized carbons (Fsp3) is 0.333. The van der Waals surface area contributed by atoms with Gasteiger partial charge < -0.3 is 20.3 Å². The fourth-order valence-electron chi connectivity index (χ4n) is 2.68. The van der Waals surface area contributed by atoms with Crippen LogP contribution in [-0.4, -0.2) is 44.0 Å². The third-order valence-electron chi connectivity index (χ3n) is 4.36. The molecule has 0 aliphatic carbocycles.